The topological polar surface area (TPSA) is 85.7 Å². The highest BCUT2D eigenvalue weighted by Crippen LogP contribution is 2.31. The van der Waals surface area contributed by atoms with Crippen LogP contribution < -0.4 is 19.7 Å². The van der Waals surface area contributed by atoms with Crippen molar-refractivity contribution in [3.8, 4) is 11.5 Å². The second-order valence-corrected chi connectivity index (χ2v) is 8.26. The molecule has 4 rings (SSSR count). The van der Waals surface area contributed by atoms with Crippen LogP contribution >= 0.6 is 0 Å². The van der Waals surface area contributed by atoms with Crippen molar-refractivity contribution in [2.24, 2.45) is 0 Å². The van der Waals surface area contributed by atoms with Gasteiger partial charge in [0.2, 0.25) is 0 Å². The normalized spacial score (nSPS) is 15.0. The van der Waals surface area contributed by atoms with Crippen LogP contribution in [0.4, 0.5) is 5.69 Å². The molecule has 1 N–H and O–H groups in total. The van der Waals surface area contributed by atoms with E-state index >= 15 is 0 Å². The van der Waals surface area contributed by atoms with Gasteiger partial charge in [-0.2, -0.15) is 17.6 Å². The maximum Gasteiger partial charge on any atom is 0.283 e. The molecule has 3 aromatic rings. The number of methoxy groups -OCH3 is 2. The molecule has 2 heterocycles. The van der Waals surface area contributed by atoms with Crippen LogP contribution in [0.25, 0.3) is 10.9 Å². The standard InChI is InChI=1S/C19H22N4O4S/c1-26-18-6-5-16(12-19(18)27-2)28(24,25)23-17-11-15(4-3-14(17)13-21-23)22-9-7-20-8-10-22/h3-6,11-13,20H,7-10H2,1-2H3. The number of fused-ring (bicyclic) bond motifs is 1. The zero-order valence-corrected chi connectivity index (χ0v) is 16.6. The van der Waals surface area contributed by atoms with Crippen LogP contribution in [0.15, 0.2) is 47.5 Å². The Morgan fingerprint density at radius 3 is 2.46 bits per heavy atom. The first kappa shape index (κ1) is 18.6. The Bertz CT molecular complexity index is 1100. The molecule has 1 aliphatic rings. The SMILES string of the molecule is COc1ccc(S(=O)(=O)n2ncc3ccc(N4CCNCC4)cc32)cc1OC. The van der Waals surface area contributed by atoms with E-state index in [0.717, 1.165) is 41.3 Å². The van der Waals surface area contributed by atoms with E-state index in [1.807, 2.05) is 18.2 Å². The highest BCUT2D eigenvalue weighted by atomic mass is 32.2. The lowest BCUT2D eigenvalue weighted by Gasteiger charge is -2.29. The summed E-state index contributed by atoms with van der Waals surface area (Å²) in [6, 6.07) is 10.3. The molecule has 0 amide bonds. The summed E-state index contributed by atoms with van der Waals surface area (Å²) in [6.07, 6.45) is 1.56. The summed E-state index contributed by atoms with van der Waals surface area (Å²) in [5.41, 5.74) is 1.53. The van der Waals surface area contributed by atoms with Crippen molar-refractivity contribution in [1.82, 2.24) is 14.5 Å². The molecule has 0 bridgehead atoms. The van der Waals surface area contributed by atoms with Crippen LogP contribution in [-0.2, 0) is 10.0 Å². The lowest BCUT2D eigenvalue weighted by Crippen LogP contribution is -2.43. The number of piperazine rings is 1. The third kappa shape index (κ3) is 3.16. The van der Waals surface area contributed by atoms with Crippen LogP contribution in [0.5, 0.6) is 11.5 Å². The summed E-state index contributed by atoms with van der Waals surface area (Å²) in [6.45, 7) is 3.56. The van der Waals surface area contributed by atoms with Gasteiger partial charge < -0.3 is 19.7 Å². The van der Waals surface area contributed by atoms with Gasteiger partial charge in [0, 0.05) is 43.3 Å². The minimum atomic E-state index is -3.89. The van der Waals surface area contributed by atoms with E-state index in [0.29, 0.717) is 17.0 Å². The fraction of sp³-hybridized carbons (Fsp3) is 0.316. The Kier molecular flexibility index (Phi) is 4.86. The molecule has 8 nitrogen and oxygen atoms in total. The summed E-state index contributed by atoms with van der Waals surface area (Å²) < 4.78 is 38.0. The van der Waals surface area contributed by atoms with Gasteiger partial charge in [-0.3, -0.25) is 0 Å². The Morgan fingerprint density at radius 1 is 1.00 bits per heavy atom. The third-order valence-electron chi connectivity index (χ3n) is 4.88. The molecule has 1 saturated heterocycles. The first-order valence-electron chi connectivity index (χ1n) is 8.95. The number of rotatable bonds is 5. The number of nitrogens with zero attached hydrogens (tertiary/aromatic N) is 3. The van der Waals surface area contributed by atoms with E-state index in [-0.39, 0.29) is 4.90 Å². The lowest BCUT2D eigenvalue weighted by atomic mass is 10.2. The van der Waals surface area contributed by atoms with Crippen LogP contribution in [0, 0.1) is 0 Å². The molecule has 28 heavy (non-hydrogen) atoms. The van der Waals surface area contributed by atoms with Crippen molar-refractivity contribution in [3.05, 3.63) is 42.6 Å². The summed E-state index contributed by atoms with van der Waals surface area (Å²) in [5.74, 6) is 0.814. The predicted molar refractivity (Wildman–Crippen MR) is 107 cm³/mol. The average Bonchev–Trinajstić information content (AvgIpc) is 3.18. The second-order valence-electron chi connectivity index (χ2n) is 6.49. The highest BCUT2D eigenvalue weighted by molar-refractivity contribution is 7.90. The van der Waals surface area contributed by atoms with Gasteiger partial charge in [0.05, 0.1) is 30.8 Å². The number of hydrogen-bond donors (Lipinski definition) is 1. The van der Waals surface area contributed by atoms with Crippen molar-refractivity contribution in [3.63, 3.8) is 0 Å². The van der Waals surface area contributed by atoms with E-state index in [1.165, 1.54) is 26.4 Å². The van der Waals surface area contributed by atoms with Gasteiger partial charge in [0.1, 0.15) is 0 Å². The zero-order chi connectivity index (χ0) is 19.7. The van der Waals surface area contributed by atoms with Gasteiger partial charge >= 0.3 is 0 Å². The molecule has 0 unspecified atom stereocenters. The van der Waals surface area contributed by atoms with Gasteiger partial charge in [-0.05, 0) is 30.3 Å². The van der Waals surface area contributed by atoms with Gasteiger partial charge in [-0.1, -0.05) is 0 Å². The van der Waals surface area contributed by atoms with Crippen molar-refractivity contribution >= 4 is 26.6 Å². The molecule has 1 aromatic heterocycles. The fourth-order valence-corrected chi connectivity index (χ4v) is 4.66. The number of anilines is 1. The van der Waals surface area contributed by atoms with Gasteiger partial charge in [0.15, 0.2) is 11.5 Å². The molecule has 9 heteroatoms. The Labute approximate surface area is 163 Å². The first-order valence-corrected chi connectivity index (χ1v) is 10.4. The Balaban J connectivity index is 1.79. The lowest BCUT2D eigenvalue weighted by molar-refractivity contribution is 0.354. The van der Waals surface area contributed by atoms with Crippen LogP contribution in [0.1, 0.15) is 0 Å². The summed E-state index contributed by atoms with van der Waals surface area (Å²) in [7, 11) is -0.914. The number of benzene rings is 2. The summed E-state index contributed by atoms with van der Waals surface area (Å²) in [5, 5.41) is 8.24. The smallest absolute Gasteiger partial charge is 0.283 e. The molecule has 0 aliphatic carbocycles. The zero-order valence-electron chi connectivity index (χ0n) is 15.8. The summed E-state index contributed by atoms with van der Waals surface area (Å²) in [4.78, 5) is 2.32. The molecule has 2 aromatic carbocycles. The second kappa shape index (κ2) is 7.33. The molecule has 0 spiro atoms. The average molecular weight is 402 g/mol. The highest BCUT2D eigenvalue weighted by Gasteiger charge is 2.23. The maximum atomic E-state index is 13.2. The molecule has 1 fully saturated rings. The minimum absolute atomic E-state index is 0.0859. The van der Waals surface area contributed by atoms with Gasteiger partial charge in [-0.25, -0.2) is 0 Å². The van der Waals surface area contributed by atoms with Crippen molar-refractivity contribution in [1.29, 1.82) is 0 Å². The van der Waals surface area contributed by atoms with E-state index < -0.39 is 10.0 Å². The van der Waals surface area contributed by atoms with Crippen molar-refractivity contribution in [2.45, 2.75) is 4.90 Å². The Morgan fingerprint density at radius 2 is 1.75 bits per heavy atom. The van der Waals surface area contributed by atoms with E-state index in [9.17, 15) is 8.42 Å². The van der Waals surface area contributed by atoms with Crippen molar-refractivity contribution < 1.29 is 17.9 Å². The number of ether oxygens (including phenoxy) is 2. The van der Waals surface area contributed by atoms with Crippen LogP contribution in [0.3, 0.4) is 0 Å². The minimum Gasteiger partial charge on any atom is -0.493 e. The molecule has 0 saturated carbocycles. The van der Waals surface area contributed by atoms with Crippen LogP contribution in [-0.4, -0.2) is 58.0 Å². The monoisotopic (exact) mass is 402 g/mol. The molecule has 1 aliphatic heterocycles. The van der Waals surface area contributed by atoms with Gasteiger partial charge in [-0.15, -0.1) is 0 Å². The molecule has 0 radical (unpaired) electrons. The van der Waals surface area contributed by atoms with E-state index in [2.05, 4.69) is 15.3 Å². The van der Waals surface area contributed by atoms with E-state index in [4.69, 9.17) is 9.47 Å². The van der Waals surface area contributed by atoms with E-state index in [1.54, 1.807) is 12.3 Å². The van der Waals surface area contributed by atoms with Gasteiger partial charge in [0.25, 0.3) is 10.0 Å². The summed E-state index contributed by atoms with van der Waals surface area (Å²) >= 11 is 0. The third-order valence-corrected chi connectivity index (χ3v) is 6.48. The molecular formula is C19H22N4O4S. The first-order chi connectivity index (χ1) is 13.5. The fourth-order valence-electron chi connectivity index (χ4n) is 3.37. The predicted octanol–water partition coefficient (Wildman–Crippen LogP) is 1.70. The Hall–Kier alpha value is -2.78. The molecular weight excluding hydrogens is 380 g/mol. The largest absolute Gasteiger partial charge is 0.493 e. The number of hydrogen-bond acceptors (Lipinski definition) is 7. The molecule has 0 atom stereocenters. The number of aromatic nitrogens is 2. The quantitative estimate of drug-likeness (QED) is 0.695. The van der Waals surface area contributed by atoms with Crippen molar-refractivity contribution in [2.75, 3.05) is 45.3 Å². The maximum absolute atomic E-state index is 13.2. The number of nitrogens with one attached hydrogen (secondary N) is 1. The van der Waals surface area contributed by atoms with Crippen LogP contribution in [0.2, 0.25) is 0 Å². The molecule has 148 valence electrons.